The lowest BCUT2D eigenvalue weighted by molar-refractivity contribution is 0.0938. The standard InChI is InChI=1S/C21H26N4O3/c1-28-18-9-5-6-15(13-18)19(25-10-2-3-11-25)14-23-20(26)16-7-4-8-17(12-16)24-21(22)27/h4-9,12-13,19H,2-3,10-11,14H2,1H3,(H,23,26)(H3,22,24,27). The Kier molecular flexibility index (Phi) is 6.49. The van der Waals surface area contributed by atoms with Gasteiger partial charge in [-0.25, -0.2) is 4.79 Å². The molecule has 0 bridgehead atoms. The fourth-order valence-corrected chi connectivity index (χ4v) is 3.53. The lowest BCUT2D eigenvalue weighted by Gasteiger charge is -2.28. The summed E-state index contributed by atoms with van der Waals surface area (Å²) in [5, 5.41) is 5.51. The van der Waals surface area contributed by atoms with Crippen LogP contribution in [0.5, 0.6) is 5.75 Å². The third-order valence-electron chi connectivity index (χ3n) is 4.91. The molecule has 28 heavy (non-hydrogen) atoms. The number of carbonyl (C=O) groups excluding carboxylic acids is 2. The van der Waals surface area contributed by atoms with Crippen molar-refractivity contribution in [3.63, 3.8) is 0 Å². The number of urea groups is 1. The van der Waals surface area contributed by atoms with Crippen LogP contribution in [0.3, 0.4) is 0 Å². The van der Waals surface area contributed by atoms with E-state index < -0.39 is 6.03 Å². The molecule has 1 fully saturated rings. The highest BCUT2D eigenvalue weighted by molar-refractivity contribution is 5.96. The van der Waals surface area contributed by atoms with Crippen molar-refractivity contribution in [1.82, 2.24) is 10.2 Å². The van der Waals surface area contributed by atoms with Gasteiger partial charge in [0.25, 0.3) is 5.91 Å². The molecule has 2 aromatic carbocycles. The van der Waals surface area contributed by atoms with E-state index in [2.05, 4.69) is 21.6 Å². The van der Waals surface area contributed by atoms with Crippen LogP contribution in [0.15, 0.2) is 48.5 Å². The molecular weight excluding hydrogens is 356 g/mol. The number of likely N-dealkylation sites (tertiary alicyclic amines) is 1. The van der Waals surface area contributed by atoms with E-state index >= 15 is 0 Å². The molecule has 1 saturated heterocycles. The average molecular weight is 382 g/mol. The smallest absolute Gasteiger partial charge is 0.316 e. The minimum atomic E-state index is -0.662. The quantitative estimate of drug-likeness (QED) is 0.686. The van der Waals surface area contributed by atoms with Gasteiger partial charge in [-0.1, -0.05) is 18.2 Å². The van der Waals surface area contributed by atoms with Crippen LogP contribution < -0.4 is 21.1 Å². The molecule has 4 N–H and O–H groups in total. The number of anilines is 1. The van der Waals surface area contributed by atoms with E-state index in [0.717, 1.165) is 37.2 Å². The average Bonchev–Trinajstić information content (AvgIpc) is 3.22. The first kappa shape index (κ1) is 19.7. The number of ether oxygens (including phenoxy) is 1. The Morgan fingerprint density at radius 2 is 1.89 bits per heavy atom. The highest BCUT2D eigenvalue weighted by Gasteiger charge is 2.24. The van der Waals surface area contributed by atoms with Crippen LogP contribution in [-0.4, -0.2) is 43.6 Å². The van der Waals surface area contributed by atoms with Gasteiger partial charge in [-0.3, -0.25) is 9.69 Å². The molecule has 148 valence electrons. The summed E-state index contributed by atoms with van der Waals surface area (Å²) in [7, 11) is 1.65. The zero-order chi connectivity index (χ0) is 19.9. The normalized spacial score (nSPS) is 15.0. The SMILES string of the molecule is COc1cccc(C(CNC(=O)c2cccc(NC(N)=O)c2)N2CCCC2)c1. The van der Waals surface area contributed by atoms with Gasteiger partial charge in [0, 0.05) is 17.8 Å². The van der Waals surface area contributed by atoms with Gasteiger partial charge in [0.15, 0.2) is 0 Å². The maximum Gasteiger partial charge on any atom is 0.316 e. The predicted octanol–water partition coefficient (Wildman–Crippen LogP) is 2.75. The molecular formula is C21H26N4O3. The second-order valence-corrected chi connectivity index (χ2v) is 6.82. The van der Waals surface area contributed by atoms with Crippen molar-refractivity contribution < 1.29 is 14.3 Å². The lowest BCUT2D eigenvalue weighted by atomic mass is 10.0. The largest absolute Gasteiger partial charge is 0.497 e. The monoisotopic (exact) mass is 382 g/mol. The molecule has 3 rings (SSSR count). The third kappa shape index (κ3) is 5.01. The van der Waals surface area contributed by atoms with E-state index in [-0.39, 0.29) is 11.9 Å². The second kappa shape index (κ2) is 9.23. The molecule has 1 aliphatic heterocycles. The van der Waals surface area contributed by atoms with Gasteiger partial charge in [0.2, 0.25) is 0 Å². The van der Waals surface area contributed by atoms with E-state index in [4.69, 9.17) is 10.5 Å². The molecule has 2 aromatic rings. The van der Waals surface area contributed by atoms with Crippen molar-refractivity contribution in [1.29, 1.82) is 0 Å². The zero-order valence-electron chi connectivity index (χ0n) is 16.0. The van der Waals surface area contributed by atoms with Crippen LogP contribution in [0.25, 0.3) is 0 Å². The number of benzene rings is 2. The summed E-state index contributed by atoms with van der Waals surface area (Å²) >= 11 is 0. The molecule has 0 aliphatic carbocycles. The number of rotatable bonds is 7. The summed E-state index contributed by atoms with van der Waals surface area (Å²) in [4.78, 5) is 26.1. The van der Waals surface area contributed by atoms with Gasteiger partial charge < -0.3 is 21.1 Å². The van der Waals surface area contributed by atoms with Crippen LogP contribution in [0.2, 0.25) is 0 Å². The Labute approximate surface area is 164 Å². The molecule has 0 aromatic heterocycles. The first-order valence-electron chi connectivity index (χ1n) is 9.39. The van der Waals surface area contributed by atoms with Gasteiger partial charge in [-0.05, 0) is 61.8 Å². The topological polar surface area (TPSA) is 96.7 Å². The summed E-state index contributed by atoms with van der Waals surface area (Å²) < 4.78 is 5.36. The van der Waals surface area contributed by atoms with Crippen LogP contribution in [-0.2, 0) is 0 Å². The number of nitrogens with two attached hydrogens (primary N) is 1. The maximum absolute atomic E-state index is 12.7. The molecule has 0 radical (unpaired) electrons. The summed E-state index contributed by atoms with van der Waals surface area (Å²) in [5.41, 5.74) is 7.22. The number of nitrogens with zero attached hydrogens (tertiary/aromatic N) is 1. The summed E-state index contributed by atoms with van der Waals surface area (Å²) in [6.45, 7) is 2.50. The number of methoxy groups -OCH3 is 1. The summed E-state index contributed by atoms with van der Waals surface area (Å²) in [6.07, 6.45) is 2.32. The first-order valence-corrected chi connectivity index (χ1v) is 9.39. The van der Waals surface area contributed by atoms with E-state index in [1.165, 1.54) is 0 Å². The van der Waals surface area contributed by atoms with Gasteiger partial charge in [-0.2, -0.15) is 0 Å². The van der Waals surface area contributed by atoms with Crippen molar-refractivity contribution in [2.75, 3.05) is 32.1 Å². The number of amides is 3. The molecule has 7 heteroatoms. The van der Waals surface area contributed by atoms with Gasteiger partial charge >= 0.3 is 6.03 Å². The van der Waals surface area contributed by atoms with Crippen LogP contribution >= 0.6 is 0 Å². The number of hydrogen-bond acceptors (Lipinski definition) is 4. The lowest BCUT2D eigenvalue weighted by Crippen LogP contribution is -2.36. The van der Waals surface area contributed by atoms with Gasteiger partial charge in [0.1, 0.15) is 5.75 Å². The molecule has 1 aliphatic rings. The van der Waals surface area contributed by atoms with Crippen molar-refractivity contribution in [2.45, 2.75) is 18.9 Å². The zero-order valence-corrected chi connectivity index (χ0v) is 16.0. The maximum atomic E-state index is 12.7. The second-order valence-electron chi connectivity index (χ2n) is 6.82. The fourth-order valence-electron chi connectivity index (χ4n) is 3.53. The Morgan fingerprint density at radius 1 is 1.14 bits per heavy atom. The third-order valence-corrected chi connectivity index (χ3v) is 4.91. The van der Waals surface area contributed by atoms with Crippen LogP contribution in [0, 0.1) is 0 Å². The number of carbonyl (C=O) groups is 2. The van der Waals surface area contributed by atoms with E-state index in [1.54, 1.807) is 31.4 Å². The Balaban J connectivity index is 1.72. The van der Waals surface area contributed by atoms with Gasteiger partial charge in [0.05, 0.1) is 13.2 Å². The first-order chi connectivity index (χ1) is 13.6. The Bertz CT molecular complexity index is 834. The molecule has 0 spiro atoms. The van der Waals surface area contributed by atoms with E-state index in [9.17, 15) is 9.59 Å². The molecule has 7 nitrogen and oxygen atoms in total. The molecule has 1 heterocycles. The Morgan fingerprint density at radius 3 is 2.61 bits per heavy atom. The number of primary amides is 1. The Hall–Kier alpha value is -3.06. The summed E-state index contributed by atoms with van der Waals surface area (Å²) in [6, 6.07) is 14.1. The van der Waals surface area contributed by atoms with Crippen molar-refractivity contribution >= 4 is 17.6 Å². The fraction of sp³-hybridized carbons (Fsp3) is 0.333. The van der Waals surface area contributed by atoms with Crippen molar-refractivity contribution in [2.24, 2.45) is 5.73 Å². The summed E-state index contributed by atoms with van der Waals surface area (Å²) in [5.74, 6) is 0.610. The van der Waals surface area contributed by atoms with Crippen LogP contribution in [0.4, 0.5) is 10.5 Å². The van der Waals surface area contributed by atoms with Gasteiger partial charge in [-0.15, -0.1) is 0 Å². The number of nitrogens with one attached hydrogen (secondary N) is 2. The highest BCUT2D eigenvalue weighted by Crippen LogP contribution is 2.27. The van der Waals surface area contributed by atoms with E-state index in [0.29, 0.717) is 17.8 Å². The van der Waals surface area contributed by atoms with E-state index in [1.807, 2.05) is 18.2 Å². The highest BCUT2D eigenvalue weighted by atomic mass is 16.5. The molecule has 0 saturated carbocycles. The molecule has 1 unspecified atom stereocenters. The minimum absolute atomic E-state index is 0.0773. The molecule has 3 amide bonds. The molecule has 1 atom stereocenters. The van der Waals surface area contributed by atoms with Crippen molar-refractivity contribution in [3.05, 3.63) is 59.7 Å². The minimum Gasteiger partial charge on any atom is -0.497 e. The van der Waals surface area contributed by atoms with Crippen molar-refractivity contribution in [3.8, 4) is 5.75 Å². The van der Waals surface area contributed by atoms with Crippen LogP contribution in [0.1, 0.15) is 34.8 Å². The predicted molar refractivity (Wildman–Crippen MR) is 109 cm³/mol. The number of hydrogen-bond donors (Lipinski definition) is 3.